The van der Waals surface area contributed by atoms with Gasteiger partial charge < -0.3 is 9.47 Å². The second-order valence-electron chi connectivity index (χ2n) is 9.37. The maximum absolute atomic E-state index is 12.6. The Hall–Kier alpha value is -3.64. The van der Waals surface area contributed by atoms with Gasteiger partial charge in [0, 0.05) is 42.1 Å². The molecular formula is C29H28FN3O2. The van der Waals surface area contributed by atoms with Crippen LogP contribution in [0.5, 0.6) is 11.5 Å². The highest BCUT2D eigenvalue weighted by molar-refractivity contribution is 6.02. The minimum atomic E-state index is -0.252. The van der Waals surface area contributed by atoms with Crippen molar-refractivity contribution in [2.24, 2.45) is 5.92 Å². The minimum Gasteiger partial charge on any atom is -0.492 e. The van der Waals surface area contributed by atoms with Gasteiger partial charge in [-0.3, -0.25) is 14.4 Å². The van der Waals surface area contributed by atoms with Gasteiger partial charge in [-0.25, -0.2) is 0 Å². The van der Waals surface area contributed by atoms with Crippen molar-refractivity contribution in [2.75, 3.05) is 32.9 Å². The molecule has 2 aliphatic rings. The fourth-order valence-electron chi connectivity index (χ4n) is 5.18. The van der Waals surface area contributed by atoms with E-state index in [-0.39, 0.29) is 18.7 Å². The Morgan fingerprint density at radius 2 is 1.83 bits per heavy atom. The Labute approximate surface area is 204 Å². The van der Waals surface area contributed by atoms with Crippen LogP contribution in [-0.2, 0) is 0 Å². The summed E-state index contributed by atoms with van der Waals surface area (Å²) in [6, 6.07) is 22.6. The largest absolute Gasteiger partial charge is 0.492 e. The summed E-state index contributed by atoms with van der Waals surface area (Å²) in [7, 11) is 0. The third-order valence-electron chi connectivity index (χ3n) is 7.09. The van der Waals surface area contributed by atoms with Crippen LogP contribution in [0.1, 0.15) is 29.7 Å². The first-order valence-electron chi connectivity index (χ1n) is 12.1. The molecule has 5 nitrogen and oxygen atoms in total. The highest BCUT2D eigenvalue weighted by Gasteiger charge is 2.30. The third kappa shape index (κ3) is 4.08. The molecule has 1 saturated heterocycles. The third-order valence-corrected chi connectivity index (χ3v) is 7.09. The first kappa shape index (κ1) is 21.9. The van der Waals surface area contributed by atoms with Crippen LogP contribution in [0, 0.1) is 5.92 Å². The number of nitrogens with one attached hydrogen (secondary N) is 1. The number of halogens is 1. The van der Waals surface area contributed by atoms with E-state index in [1.807, 2.05) is 42.6 Å². The molecule has 1 fully saturated rings. The SMILES string of the molecule is CC1=C(c2cccc3[nH]ncc23)C(c2ccc(OCCN3CC(CF)C3)cc2)Oc2ccccc21. The Balaban J connectivity index is 1.28. The second-order valence-corrected chi connectivity index (χ2v) is 9.37. The zero-order chi connectivity index (χ0) is 23.8. The topological polar surface area (TPSA) is 50.4 Å². The average molecular weight is 470 g/mol. The van der Waals surface area contributed by atoms with E-state index in [1.54, 1.807) is 0 Å². The lowest BCUT2D eigenvalue weighted by molar-refractivity contribution is 0.0668. The Morgan fingerprint density at radius 3 is 2.66 bits per heavy atom. The lowest BCUT2D eigenvalue weighted by Crippen LogP contribution is -2.49. The fraction of sp³-hybridized carbons (Fsp3) is 0.276. The predicted octanol–water partition coefficient (Wildman–Crippen LogP) is 5.91. The molecule has 6 rings (SSSR count). The fourth-order valence-corrected chi connectivity index (χ4v) is 5.18. The normalized spacial score (nSPS) is 18.3. The van der Waals surface area contributed by atoms with Crippen LogP contribution in [0.25, 0.3) is 22.0 Å². The summed E-state index contributed by atoms with van der Waals surface area (Å²) in [5, 5.41) is 8.43. The van der Waals surface area contributed by atoms with Gasteiger partial charge in [-0.2, -0.15) is 5.10 Å². The lowest BCUT2D eigenvalue weighted by atomic mass is 9.85. The number of benzene rings is 3. The van der Waals surface area contributed by atoms with Gasteiger partial charge in [0.25, 0.3) is 0 Å². The molecule has 0 amide bonds. The van der Waals surface area contributed by atoms with Gasteiger partial charge in [0.15, 0.2) is 0 Å². The number of nitrogens with zero attached hydrogens (tertiary/aromatic N) is 2. The van der Waals surface area contributed by atoms with Gasteiger partial charge in [0.1, 0.15) is 24.2 Å². The number of fused-ring (bicyclic) bond motifs is 2. The van der Waals surface area contributed by atoms with Crippen LogP contribution in [-0.4, -0.2) is 48.0 Å². The summed E-state index contributed by atoms with van der Waals surface area (Å²) >= 11 is 0. The van der Waals surface area contributed by atoms with Crippen molar-refractivity contribution in [3.8, 4) is 11.5 Å². The van der Waals surface area contributed by atoms with Crippen LogP contribution >= 0.6 is 0 Å². The van der Waals surface area contributed by atoms with Crippen LogP contribution in [0.15, 0.2) is 72.9 Å². The summed E-state index contributed by atoms with van der Waals surface area (Å²) in [6.45, 7) is 5.02. The van der Waals surface area contributed by atoms with Crippen molar-refractivity contribution in [3.63, 3.8) is 0 Å². The summed E-state index contributed by atoms with van der Waals surface area (Å²) in [5.41, 5.74) is 6.64. The first-order chi connectivity index (χ1) is 17.2. The molecule has 1 N–H and O–H groups in total. The standard InChI is InChI=1S/C29H28FN3O2/c1-19-23-5-2-3-8-27(23)35-29(28(19)24-6-4-7-26-25(24)16-31-32-26)21-9-11-22(12-10-21)34-14-13-33-17-20(15-30)18-33/h2-12,16,20,29H,13-15,17-18H2,1H3,(H,31,32). The quantitative estimate of drug-likeness (QED) is 0.366. The molecule has 178 valence electrons. The number of hydrogen-bond donors (Lipinski definition) is 1. The van der Waals surface area contributed by atoms with Gasteiger partial charge in [0.2, 0.25) is 0 Å². The lowest BCUT2D eigenvalue weighted by Gasteiger charge is -2.37. The molecular weight excluding hydrogens is 441 g/mol. The number of H-pyrrole nitrogens is 1. The highest BCUT2D eigenvalue weighted by atomic mass is 19.1. The van der Waals surface area contributed by atoms with Crippen molar-refractivity contribution < 1.29 is 13.9 Å². The molecule has 35 heavy (non-hydrogen) atoms. The molecule has 0 spiro atoms. The average Bonchev–Trinajstić information content (AvgIpc) is 3.35. The van der Waals surface area contributed by atoms with Crippen molar-refractivity contribution in [1.29, 1.82) is 0 Å². The predicted molar refractivity (Wildman–Crippen MR) is 136 cm³/mol. The molecule has 0 aliphatic carbocycles. The van der Waals surface area contributed by atoms with Crippen molar-refractivity contribution in [2.45, 2.75) is 13.0 Å². The second kappa shape index (κ2) is 9.19. The van der Waals surface area contributed by atoms with E-state index >= 15 is 0 Å². The zero-order valence-corrected chi connectivity index (χ0v) is 19.7. The maximum Gasteiger partial charge on any atom is 0.150 e. The number of rotatable bonds is 7. The number of allylic oxidation sites excluding steroid dienone is 1. The number of para-hydroxylation sites is 1. The number of hydrogen-bond acceptors (Lipinski definition) is 4. The van der Waals surface area contributed by atoms with E-state index < -0.39 is 0 Å². The number of alkyl halides is 1. The Morgan fingerprint density at radius 1 is 1.03 bits per heavy atom. The minimum absolute atomic E-state index is 0.202. The highest BCUT2D eigenvalue weighted by Crippen LogP contribution is 2.47. The molecule has 2 aliphatic heterocycles. The van der Waals surface area contributed by atoms with E-state index in [1.165, 1.54) is 5.57 Å². The van der Waals surface area contributed by atoms with Crippen molar-refractivity contribution in [1.82, 2.24) is 15.1 Å². The van der Waals surface area contributed by atoms with Crippen LogP contribution in [0.4, 0.5) is 4.39 Å². The van der Waals surface area contributed by atoms with E-state index in [9.17, 15) is 4.39 Å². The summed E-state index contributed by atoms with van der Waals surface area (Å²) in [6.07, 6.45) is 1.63. The van der Waals surface area contributed by atoms with E-state index in [4.69, 9.17) is 9.47 Å². The number of aromatic nitrogens is 2. The molecule has 0 bridgehead atoms. The van der Waals surface area contributed by atoms with Gasteiger partial charge in [-0.1, -0.05) is 42.5 Å². The Kier molecular flexibility index (Phi) is 5.74. The smallest absolute Gasteiger partial charge is 0.150 e. The maximum atomic E-state index is 12.6. The van der Waals surface area contributed by atoms with Crippen LogP contribution < -0.4 is 9.47 Å². The van der Waals surface area contributed by atoms with Crippen LogP contribution in [0.3, 0.4) is 0 Å². The van der Waals surface area contributed by atoms with Crippen molar-refractivity contribution >= 4 is 22.0 Å². The number of ether oxygens (including phenoxy) is 2. The molecule has 3 heterocycles. The van der Waals surface area contributed by atoms with E-state index in [2.05, 4.69) is 52.4 Å². The van der Waals surface area contributed by atoms with Gasteiger partial charge >= 0.3 is 0 Å². The number of likely N-dealkylation sites (tertiary alicyclic amines) is 1. The Bertz CT molecular complexity index is 1370. The molecule has 3 aromatic carbocycles. The van der Waals surface area contributed by atoms with Gasteiger partial charge in [-0.05, 0) is 47.9 Å². The molecule has 6 heteroatoms. The molecule has 1 atom stereocenters. The molecule has 0 radical (unpaired) electrons. The first-order valence-corrected chi connectivity index (χ1v) is 12.1. The summed E-state index contributed by atoms with van der Waals surface area (Å²) < 4.78 is 25.2. The summed E-state index contributed by atoms with van der Waals surface area (Å²) in [5.74, 6) is 1.92. The monoisotopic (exact) mass is 469 g/mol. The number of aromatic amines is 1. The molecule has 1 aromatic heterocycles. The van der Waals surface area contributed by atoms with E-state index in [0.29, 0.717) is 6.61 Å². The van der Waals surface area contributed by atoms with Gasteiger partial charge in [-0.15, -0.1) is 0 Å². The van der Waals surface area contributed by atoms with Crippen LogP contribution in [0.2, 0.25) is 0 Å². The summed E-state index contributed by atoms with van der Waals surface area (Å²) in [4.78, 5) is 2.22. The molecule has 0 saturated carbocycles. The van der Waals surface area contributed by atoms with Crippen molar-refractivity contribution in [3.05, 3.63) is 89.6 Å². The zero-order valence-electron chi connectivity index (χ0n) is 19.7. The van der Waals surface area contributed by atoms with Gasteiger partial charge in [0.05, 0.1) is 18.4 Å². The molecule has 4 aromatic rings. The van der Waals surface area contributed by atoms with E-state index in [0.717, 1.165) is 64.3 Å². The molecule has 1 unspecified atom stereocenters.